The standard InChI is InChI=1S/C25H18O/c26-25-20-13-12-17(14-21(25)15-6-2-1-3-7-15)23-18-10-4-8-16-9-5-11-19(22(16)18)24(20)23/h1-14,17,20,23-24H/t17-,20+,23-,24-/m0/s1. The molecule has 0 N–H and O–H groups in total. The van der Waals surface area contributed by atoms with Gasteiger partial charge in [0.1, 0.15) is 0 Å². The lowest BCUT2D eigenvalue weighted by Crippen LogP contribution is -2.26. The van der Waals surface area contributed by atoms with Gasteiger partial charge in [-0.05, 0) is 27.5 Å². The Morgan fingerprint density at radius 1 is 0.692 bits per heavy atom. The maximum atomic E-state index is 13.5. The summed E-state index contributed by atoms with van der Waals surface area (Å²) in [5.74, 6) is 1.11. The van der Waals surface area contributed by atoms with E-state index in [2.05, 4.69) is 66.8 Å². The zero-order valence-corrected chi connectivity index (χ0v) is 14.3. The molecule has 3 aromatic carbocycles. The van der Waals surface area contributed by atoms with Crippen molar-refractivity contribution in [3.8, 4) is 0 Å². The van der Waals surface area contributed by atoms with Gasteiger partial charge in [-0.2, -0.15) is 0 Å². The number of hydrogen-bond acceptors (Lipinski definition) is 1. The second-order valence-corrected chi connectivity index (χ2v) is 7.64. The van der Waals surface area contributed by atoms with Gasteiger partial charge >= 0.3 is 0 Å². The fourth-order valence-corrected chi connectivity index (χ4v) is 5.41. The molecule has 7 rings (SSSR count). The molecule has 4 atom stereocenters. The Hall–Kier alpha value is -2.93. The van der Waals surface area contributed by atoms with Gasteiger partial charge in [-0.3, -0.25) is 4.79 Å². The first kappa shape index (κ1) is 14.3. The van der Waals surface area contributed by atoms with E-state index in [4.69, 9.17) is 0 Å². The van der Waals surface area contributed by atoms with Crippen molar-refractivity contribution in [2.24, 2.45) is 11.8 Å². The number of ketones is 1. The first-order chi connectivity index (χ1) is 12.8. The molecule has 0 aromatic heterocycles. The van der Waals surface area contributed by atoms with Crippen LogP contribution >= 0.6 is 0 Å². The number of fused-ring (bicyclic) bond motifs is 1. The van der Waals surface area contributed by atoms with Gasteiger partial charge < -0.3 is 0 Å². The molecule has 3 aromatic rings. The highest BCUT2D eigenvalue weighted by Gasteiger charge is 2.48. The zero-order valence-electron chi connectivity index (χ0n) is 14.3. The first-order valence-electron chi connectivity index (χ1n) is 9.34. The van der Waals surface area contributed by atoms with E-state index in [9.17, 15) is 4.79 Å². The van der Waals surface area contributed by atoms with Crippen LogP contribution < -0.4 is 0 Å². The van der Waals surface area contributed by atoms with Crippen molar-refractivity contribution in [1.82, 2.24) is 0 Å². The van der Waals surface area contributed by atoms with Crippen LogP contribution in [0.3, 0.4) is 0 Å². The Balaban J connectivity index is 1.60. The van der Waals surface area contributed by atoms with Crippen LogP contribution in [-0.2, 0) is 4.79 Å². The van der Waals surface area contributed by atoms with Gasteiger partial charge in [0, 0.05) is 29.2 Å². The SMILES string of the molecule is O=C1C(c2ccccc2)=C[C@@H]2C=C[C@@H]1[C@@H]1c3cccc4cccc(c34)[C@H]21. The minimum atomic E-state index is -0.0665. The minimum absolute atomic E-state index is 0.0665. The topological polar surface area (TPSA) is 17.1 Å². The normalized spacial score (nSPS) is 28.2. The molecule has 26 heavy (non-hydrogen) atoms. The predicted octanol–water partition coefficient (Wildman–Crippen LogP) is 5.49. The molecule has 0 saturated carbocycles. The van der Waals surface area contributed by atoms with Crippen LogP contribution in [0.25, 0.3) is 16.3 Å². The predicted molar refractivity (Wildman–Crippen MR) is 105 cm³/mol. The zero-order chi connectivity index (χ0) is 17.3. The smallest absolute Gasteiger partial charge is 0.170 e. The minimum Gasteiger partial charge on any atom is -0.293 e. The molecular weight excluding hydrogens is 316 g/mol. The molecule has 0 unspecified atom stereocenters. The van der Waals surface area contributed by atoms with Crippen molar-refractivity contribution >= 4 is 22.1 Å². The highest BCUT2D eigenvalue weighted by Crippen LogP contribution is 2.58. The molecule has 0 fully saturated rings. The number of benzene rings is 3. The third kappa shape index (κ3) is 1.73. The average molecular weight is 334 g/mol. The van der Waals surface area contributed by atoms with E-state index in [-0.39, 0.29) is 23.5 Å². The van der Waals surface area contributed by atoms with Crippen LogP contribution in [0.4, 0.5) is 0 Å². The first-order valence-corrected chi connectivity index (χ1v) is 9.34. The third-order valence-electron chi connectivity index (χ3n) is 6.43. The van der Waals surface area contributed by atoms with Crippen LogP contribution in [0.2, 0.25) is 0 Å². The van der Waals surface area contributed by atoms with Gasteiger partial charge in [-0.15, -0.1) is 0 Å². The van der Waals surface area contributed by atoms with Crippen molar-refractivity contribution in [2.45, 2.75) is 11.8 Å². The maximum Gasteiger partial charge on any atom is 0.170 e. The molecule has 4 aliphatic carbocycles. The quantitative estimate of drug-likeness (QED) is 0.538. The number of hydrogen-bond donors (Lipinski definition) is 0. The summed E-state index contributed by atoms with van der Waals surface area (Å²) >= 11 is 0. The molecule has 0 heterocycles. The summed E-state index contributed by atoms with van der Waals surface area (Å²) in [4.78, 5) is 13.5. The fraction of sp³-hybridized carbons (Fsp3) is 0.160. The van der Waals surface area contributed by atoms with Crippen LogP contribution in [0.1, 0.15) is 28.5 Å². The highest BCUT2D eigenvalue weighted by molar-refractivity contribution is 6.23. The molecule has 0 spiro atoms. The van der Waals surface area contributed by atoms with Gasteiger partial charge in [0.2, 0.25) is 0 Å². The number of carbonyl (C=O) groups excluding carboxylic acids is 1. The summed E-state index contributed by atoms with van der Waals surface area (Å²) in [7, 11) is 0. The van der Waals surface area contributed by atoms with Gasteiger partial charge in [0.15, 0.2) is 5.78 Å². The van der Waals surface area contributed by atoms with Gasteiger partial charge in [0.25, 0.3) is 0 Å². The molecule has 0 radical (unpaired) electrons. The van der Waals surface area contributed by atoms with Crippen molar-refractivity contribution in [2.75, 3.05) is 0 Å². The second-order valence-electron chi connectivity index (χ2n) is 7.64. The monoisotopic (exact) mass is 334 g/mol. The summed E-state index contributed by atoms with van der Waals surface area (Å²) in [6, 6.07) is 23.3. The molecule has 0 saturated heterocycles. The Kier molecular flexibility index (Phi) is 2.77. The highest BCUT2D eigenvalue weighted by atomic mass is 16.1. The summed E-state index contributed by atoms with van der Waals surface area (Å²) in [5.41, 5.74) is 4.71. The number of carbonyl (C=O) groups is 1. The average Bonchev–Trinajstić information content (AvgIpc) is 2.87. The van der Waals surface area contributed by atoms with Crippen molar-refractivity contribution in [3.63, 3.8) is 0 Å². The lowest BCUT2D eigenvalue weighted by molar-refractivity contribution is -0.116. The maximum absolute atomic E-state index is 13.5. The van der Waals surface area contributed by atoms with Crippen LogP contribution in [0, 0.1) is 11.8 Å². The second kappa shape index (κ2) is 5.04. The Bertz CT molecular complexity index is 1110. The van der Waals surface area contributed by atoms with Crippen LogP contribution in [0.5, 0.6) is 0 Å². The summed E-state index contributed by atoms with van der Waals surface area (Å²) in [6.07, 6.45) is 6.67. The van der Waals surface area contributed by atoms with Crippen molar-refractivity contribution in [1.29, 1.82) is 0 Å². The largest absolute Gasteiger partial charge is 0.293 e. The number of allylic oxidation sites excluding steroid dienone is 4. The van der Waals surface area contributed by atoms with Crippen molar-refractivity contribution in [3.05, 3.63) is 102 Å². The number of rotatable bonds is 1. The summed E-state index contributed by atoms with van der Waals surface area (Å²) in [5, 5.41) is 2.68. The van der Waals surface area contributed by atoms with E-state index in [0.717, 1.165) is 11.1 Å². The molecule has 4 aliphatic rings. The lowest BCUT2D eigenvalue weighted by atomic mass is 9.70. The lowest BCUT2D eigenvalue weighted by Gasteiger charge is -2.32. The van der Waals surface area contributed by atoms with E-state index in [0.29, 0.717) is 5.92 Å². The summed E-state index contributed by atoms with van der Waals surface area (Å²) < 4.78 is 0. The van der Waals surface area contributed by atoms with E-state index in [1.807, 2.05) is 18.2 Å². The molecule has 0 amide bonds. The van der Waals surface area contributed by atoms with Gasteiger partial charge in [-0.1, -0.05) is 85.0 Å². The Morgan fingerprint density at radius 3 is 2.19 bits per heavy atom. The van der Waals surface area contributed by atoms with Gasteiger partial charge in [0.05, 0.1) is 0 Å². The summed E-state index contributed by atoms with van der Waals surface area (Å²) in [6.45, 7) is 0. The Morgan fingerprint density at radius 2 is 1.42 bits per heavy atom. The Labute approximate surface area is 152 Å². The van der Waals surface area contributed by atoms with Gasteiger partial charge in [-0.25, -0.2) is 0 Å². The van der Waals surface area contributed by atoms with E-state index in [1.165, 1.54) is 21.9 Å². The molecule has 0 aliphatic heterocycles. The molecule has 1 nitrogen and oxygen atoms in total. The molecular formula is C25H18O. The molecule has 2 bridgehead atoms. The van der Waals surface area contributed by atoms with Crippen LogP contribution in [-0.4, -0.2) is 5.78 Å². The third-order valence-corrected chi connectivity index (χ3v) is 6.43. The molecule has 1 heteroatoms. The number of Topliss-reactive ketones (excluding diaryl/α,β-unsaturated/α-hetero) is 1. The van der Waals surface area contributed by atoms with E-state index < -0.39 is 0 Å². The van der Waals surface area contributed by atoms with E-state index in [1.54, 1.807) is 0 Å². The van der Waals surface area contributed by atoms with Crippen molar-refractivity contribution < 1.29 is 4.79 Å². The fourth-order valence-electron chi connectivity index (χ4n) is 5.41. The van der Waals surface area contributed by atoms with Crippen LogP contribution in [0.15, 0.2) is 85.0 Å². The molecule has 124 valence electrons. The van der Waals surface area contributed by atoms with E-state index >= 15 is 0 Å².